The van der Waals surface area contributed by atoms with Crippen molar-refractivity contribution in [2.45, 2.75) is 193 Å². The summed E-state index contributed by atoms with van der Waals surface area (Å²) < 4.78 is 19.7. The fraction of sp³-hybridized carbons (Fsp3) is 0.902. The van der Waals surface area contributed by atoms with Crippen molar-refractivity contribution in [3.8, 4) is 0 Å². The smallest absolute Gasteiger partial charge is 0.309 e. The zero-order valence-corrected chi connectivity index (χ0v) is 33.6. The molecule has 4 aliphatic heterocycles. The van der Waals surface area contributed by atoms with E-state index in [4.69, 9.17) is 29.7 Å². The molecule has 11 heteroatoms. The molecular weight excluding hydrogens is 666 g/mol. The van der Waals surface area contributed by atoms with Gasteiger partial charge in [-0.15, -0.1) is 0 Å². The Hall–Kier alpha value is -1.44. The maximum absolute atomic E-state index is 14.4. The zero-order chi connectivity index (χ0) is 38.8. The summed E-state index contributed by atoms with van der Waals surface area (Å²) in [6, 6.07) is -0.647. The molecule has 0 radical (unpaired) electrons. The predicted molar refractivity (Wildman–Crippen MR) is 198 cm³/mol. The molecule has 0 unspecified atom stereocenters. The van der Waals surface area contributed by atoms with Crippen molar-refractivity contribution in [2.24, 2.45) is 47.2 Å². The molecular formula is C41H71NO10. The third kappa shape index (κ3) is 8.99. The van der Waals surface area contributed by atoms with E-state index in [0.717, 1.165) is 12.8 Å². The monoisotopic (exact) mass is 738 g/mol. The van der Waals surface area contributed by atoms with Gasteiger partial charge in [-0.05, 0) is 89.4 Å². The fourth-order valence-electron chi connectivity index (χ4n) is 9.67. The van der Waals surface area contributed by atoms with Gasteiger partial charge >= 0.3 is 5.97 Å². The van der Waals surface area contributed by atoms with Crippen LogP contribution >= 0.6 is 0 Å². The summed E-state index contributed by atoms with van der Waals surface area (Å²) in [6.07, 6.45) is 7.05. The van der Waals surface area contributed by atoms with Crippen LogP contribution in [-0.4, -0.2) is 86.7 Å². The van der Waals surface area contributed by atoms with Crippen LogP contribution in [-0.2, 0) is 33.6 Å². The van der Waals surface area contributed by atoms with E-state index in [9.17, 15) is 24.9 Å². The molecule has 0 aromatic rings. The minimum absolute atomic E-state index is 0.0758. The lowest BCUT2D eigenvalue weighted by Gasteiger charge is -2.47. The molecule has 300 valence electrons. The number of aliphatic hydroxyl groups is 2. The van der Waals surface area contributed by atoms with Gasteiger partial charge in [0.2, 0.25) is 5.79 Å². The Labute approximate surface area is 312 Å². The Morgan fingerprint density at radius 1 is 0.904 bits per heavy atom. The highest BCUT2D eigenvalue weighted by molar-refractivity contribution is 5.84. The van der Waals surface area contributed by atoms with E-state index in [-0.39, 0.29) is 41.8 Å². The summed E-state index contributed by atoms with van der Waals surface area (Å²) in [7, 11) is 0. The lowest BCUT2D eigenvalue weighted by Crippen LogP contribution is -2.57. The first-order valence-corrected chi connectivity index (χ1v) is 20.3. The zero-order valence-electron chi connectivity index (χ0n) is 33.6. The second-order valence-electron chi connectivity index (χ2n) is 17.3. The summed E-state index contributed by atoms with van der Waals surface area (Å²) in [5.41, 5.74) is 5.23. The Morgan fingerprint density at radius 2 is 1.58 bits per heavy atom. The average Bonchev–Trinajstić information content (AvgIpc) is 3.47. The van der Waals surface area contributed by atoms with Crippen LogP contribution in [0.1, 0.15) is 133 Å². The number of carbonyl (C=O) groups is 2. The van der Waals surface area contributed by atoms with E-state index in [0.29, 0.717) is 51.4 Å². The molecule has 0 saturated carbocycles. The maximum Gasteiger partial charge on any atom is 0.309 e. The lowest BCUT2D eigenvalue weighted by atomic mass is 9.74. The molecule has 5 N–H and O–H groups in total. The molecule has 0 bridgehead atoms. The largest absolute Gasteiger partial charge is 0.481 e. The van der Waals surface area contributed by atoms with Crippen LogP contribution < -0.4 is 5.73 Å². The third-order valence-corrected chi connectivity index (χ3v) is 13.6. The van der Waals surface area contributed by atoms with Crippen molar-refractivity contribution in [2.75, 3.05) is 0 Å². The molecule has 1 spiro atoms. The standard InChI is InChI=1S/C41H71NO10/c1-11-29(38(45)46)31-16-15-24(5)36(49-31)27(8)34(43)26(7)35(44)30(12-2)37-25(6)22-23(4)14-17-32(42)41(52-50-37)21-20-39(10,51-41)33-18-19-40(47,13-3)28(9)48-33/h14,17,23-34,36-37,43,47H,11-13,15-16,18-22,42H2,1-10H3,(H,45,46)/b17-14-/t23-,24-,25-,26-,27-,28-,29+,30-,31+,32+,33+,34+,36+,37-,39-,40+,41-/m0/s1. The van der Waals surface area contributed by atoms with Gasteiger partial charge in [0, 0.05) is 24.2 Å². The predicted octanol–water partition coefficient (Wildman–Crippen LogP) is 6.36. The number of hydrogen-bond acceptors (Lipinski definition) is 10. The SMILES string of the molecule is CC[C@@H](C(=O)[C@@H](C)[C@@H](O)[C@H](C)[C@@H]1O[C@@H]([C@@H](CC)C(=O)O)CC[C@@H]1C)[C@H]1OO[C@@]2(CC[C@@](C)([C@H]3CC[C@](O)(CC)[C@H](C)O3)O2)[C@H](N)/C=C\[C@H](C)C[C@@H]1C. The van der Waals surface area contributed by atoms with Gasteiger partial charge in [0.25, 0.3) is 0 Å². The summed E-state index contributed by atoms with van der Waals surface area (Å²) in [5.74, 6) is -4.42. The summed E-state index contributed by atoms with van der Waals surface area (Å²) in [4.78, 5) is 39.2. The molecule has 3 saturated heterocycles. The van der Waals surface area contributed by atoms with Crippen LogP contribution in [0, 0.1) is 41.4 Å². The van der Waals surface area contributed by atoms with E-state index < -0.39 is 71.0 Å². The van der Waals surface area contributed by atoms with Gasteiger partial charge in [0.15, 0.2) is 0 Å². The number of carboxylic acids is 1. The molecule has 3 fully saturated rings. The molecule has 17 atom stereocenters. The van der Waals surface area contributed by atoms with Crippen molar-refractivity contribution >= 4 is 11.8 Å². The molecule has 4 heterocycles. The number of nitrogens with two attached hydrogens (primary N) is 1. The highest BCUT2D eigenvalue weighted by Gasteiger charge is 2.58. The van der Waals surface area contributed by atoms with Gasteiger partial charge in [-0.1, -0.05) is 67.5 Å². The minimum Gasteiger partial charge on any atom is -0.481 e. The average molecular weight is 738 g/mol. The van der Waals surface area contributed by atoms with E-state index in [1.165, 1.54) is 0 Å². The fourth-order valence-corrected chi connectivity index (χ4v) is 9.67. The van der Waals surface area contributed by atoms with E-state index in [1.807, 2.05) is 47.6 Å². The molecule has 4 rings (SSSR count). The Balaban J connectivity index is 1.53. The lowest BCUT2D eigenvalue weighted by molar-refractivity contribution is -0.459. The van der Waals surface area contributed by atoms with Gasteiger partial charge in [0.1, 0.15) is 11.9 Å². The normalized spacial score (nSPS) is 44.0. The number of rotatable bonds is 12. The molecule has 0 amide bonds. The Morgan fingerprint density at radius 3 is 2.17 bits per heavy atom. The molecule has 0 aliphatic carbocycles. The van der Waals surface area contributed by atoms with Crippen LogP contribution in [0.15, 0.2) is 12.2 Å². The van der Waals surface area contributed by atoms with Crippen LogP contribution in [0.25, 0.3) is 0 Å². The number of aliphatic carboxylic acids is 1. The Kier molecular flexibility index (Phi) is 14.6. The number of aliphatic hydroxyl groups excluding tert-OH is 1. The van der Waals surface area contributed by atoms with Gasteiger partial charge < -0.3 is 35.3 Å². The van der Waals surface area contributed by atoms with Gasteiger partial charge in [-0.2, -0.15) is 4.89 Å². The van der Waals surface area contributed by atoms with Crippen LogP contribution in [0.5, 0.6) is 0 Å². The van der Waals surface area contributed by atoms with Gasteiger partial charge in [0.05, 0.1) is 53.7 Å². The van der Waals surface area contributed by atoms with Crippen molar-refractivity contribution in [3.05, 3.63) is 12.2 Å². The van der Waals surface area contributed by atoms with Crippen LogP contribution in [0.4, 0.5) is 0 Å². The van der Waals surface area contributed by atoms with E-state index >= 15 is 0 Å². The van der Waals surface area contributed by atoms with E-state index in [2.05, 4.69) is 26.8 Å². The van der Waals surface area contributed by atoms with Crippen molar-refractivity contribution < 1.29 is 48.9 Å². The number of allylic oxidation sites excluding steroid dienone is 1. The Bertz CT molecular complexity index is 1230. The van der Waals surface area contributed by atoms with Crippen molar-refractivity contribution in [1.29, 1.82) is 0 Å². The topological polar surface area (TPSA) is 167 Å². The number of hydrogen-bond donors (Lipinski definition) is 4. The van der Waals surface area contributed by atoms with Crippen molar-refractivity contribution in [1.82, 2.24) is 0 Å². The molecule has 11 nitrogen and oxygen atoms in total. The number of carboxylic acid groups (broad SMARTS) is 1. The maximum atomic E-state index is 14.4. The van der Waals surface area contributed by atoms with Crippen LogP contribution in [0.3, 0.4) is 0 Å². The first-order chi connectivity index (χ1) is 24.4. The third-order valence-electron chi connectivity index (χ3n) is 13.6. The first kappa shape index (κ1) is 43.3. The van der Waals surface area contributed by atoms with Gasteiger partial charge in [-0.3, -0.25) is 9.59 Å². The second kappa shape index (κ2) is 17.6. The summed E-state index contributed by atoms with van der Waals surface area (Å²) in [6.45, 7) is 19.7. The number of ketones is 1. The molecule has 52 heavy (non-hydrogen) atoms. The molecule has 0 aromatic carbocycles. The second-order valence-corrected chi connectivity index (χ2v) is 17.3. The van der Waals surface area contributed by atoms with E-state index in [1.54, 1.807) is 6.92 Å². The minimum atomic E-state index is -1.32. The summed E-state index contributed by atoms with van der Waals surface area (Å²) in [5, 5.41) is 32.6. The highest BCUT2D eigenvalue weighted by atomic mass is 17.2. The quantitative estimate of drug-likeness (QED) is 0.130. The first-order valence-electron chi connectivity index (χ1n) is 20.3. The molecule has 4 aliphatic rings. The molecule has 0 aromatic heterocycles. The van der Waals surface area contributed by atoms with Gasteiger partial charge in [-0.25, -0.2) is 4.89 Å². The number of ether oxygens (including phenoxy) is 3. The number of Topliss-reactive ketones (excluding diaryl/α,β-unsaturated/α-hetero) is 1. The number of carbonyl (C=O) groups excluding carboxylic acids is 1. The summed E-state index contributed by atoms with van der Waals surface area (Å²) >= 11 is 0. The van der Waals surface area contributed by atoms with Crippen LogP contribution in [0.2, 0.25) is 0 Å². The van der Waals surface area contributed by atoms with Crippen molar-refractivity contribution in [3.63, 3.8) is 0 Å². The highest BCUT2D eigenvalue weighted by Crippen LogP contribution is 2.48.